The summed E-state index contributed by atoms with van der Waals surface area (Å²) in [6.07, 6.45) is -0.365. The molecule has 0 spiro atoms. The third-order valence-corrected chi connectivity index (χ3v) is 3.83. The Morgan fingerprint density at radius 1 is 1.25 bits per heavy atom. The summed E-state index contributed by atoms with van der Waals surface area (Å²) >= 11 is 1.65. The second-order valence-electron chi connectivity index (χ2n) is 4.60. The fourth-order valence-electron chi connectivity index (χ4n) is 1.29. The van der Waals surface area contributed by atoms with Crippen molar-refractivity contribution >= 4 is 23.3 Å². The number of rotatable bonds is 4. The van der Waals surface area contributed by atoms with Crippen molar-refractivity contribution in [2.45, 2.75) is 39.8 Å². The molecule has 0 aromatic carbocycles. The molecule has 114 valence electrons. The number of aryl methyl sites for hydroxylation is 1. The average Bonchev–Trinajstić information content (AvgIpc) is 2.68. The van der Waals surface area contributed by atoms with E-state index in [2.05, 4.69) is 38.4 Å². The summed E-state index contributed by atoms with van der Waals surface area (Å²) in [4.78, 5) is 19.3. The molecule has 0 radical (unpaired) electrons. The molecule has 0 fully saturated rings. The van der Waals surface area contributed by atoms with Crippen LogP contribution in [0.1, 0.15) is 36.0 Å². The average molecular weight is 303 g/mol. The molecule has 6 nitrogen and oxygen atoms in total. The minimum Gasteiger partial charge on any atom is -0.473 e. The highest BCUT2D eigenvalue weighted by molar-refractivity contribution is 7.10. The SMILES string of the molecule is Cc1csc(C(O)CNC(C)C)c1C.O=C(O)C(=O)O. The molecular weight excluding hydrogens is 282 g/mol. The van der Waals surface area contributed by atoms with E-state index in [9.17, 15) is 5.11 Å². The molecule has 1 rings (SSSR count). The van der Waals surface area contributed by atoms with Gasteiger partial charge in [0.15, 0.2) is 0 Å². The number of aliphatic hydroxyl groups excluding tert-OH is 1. The van der Waals surface area contributed by atoms with Crippen LogP contribution in [0.5, 0.6) is 0 Å². The van der Waals surface area contributed by atoms with E-state index in [1.807, 2.05) is 0 Å². The third-order valence-electron chi connectivity index (χ3n) is 2.53. The van der Waals surface area contributed by atoms with E-state index in [1.165, 1.54) is 11.1 Å². The zero-order valence-corrected chi connectivity index (χ0v) is 12.8. The Bertz CT molecular complexity index is 444. The van der Waals surface area contributed by atoms with Gasteiger partial charge in [0.25, 0.3) is 0 Å². The molecule has 1 atom stereocenters. The van der Waals surface area contributed by atoms with E-state index in [0.717, 1.165) is 4.88 Å². The van der Waals surface area contributed by atoms with Crippen LogP contribution in [0.25, 0.3) is 0 Å². The molecule has 0 bridgehead atoms. The predicted molar refractivity (Wildman–Crippen MR) is 77.2 cm³/mol. The Morgan fingerprint density at radius 2 is 1.75 bits per heavy atom. The van der Waals surface area contributed by atoms with E-state index >= 15 is 0 Å². The zero-order chi connectivity index (χ0) is 15.9. The maximum absolute atomic E-state index is 9.91. The highest BCUT2D eigenvalue weighted by Crippen LogP contribution is 2.26. The van der Waals surface area contributed by atoms with E-state index in [-0.39, 0.29) is 6.10 Å². The first-order valence-electron chi connectivity index (χ1n) is 6.09. The first-order valence-corrected chi connectivity index (χ1v) is 6.97. The Morgan fingerprint density at radius 3 is 2.05 bits per heavy atom. The number of nitrogens with one attached hydrogen (secondary N) is 1. The second kappa shape index (κ2) is 8.68. The maximum atomic E-state index is 9.91. The number of hydrogen-bond donors (Lipinski definition) is 4. The first-order chi connectivity index (χ1) is 9.16. The second-order valence-corrected chi connectivity index (χ2v) is 5.51. The van der Waals surface area contributed by atoms with Crippen LogP contribution in [0.3, 0.4) is 0 Å². The highest BCUT2D eigenvalue weighted by Gasteiger charge is 2.13. The molecule has 20 heavy (non-hydrogen) atoms. The molecule has 1 unspecified atom stereocenters. The molecule has 0 amide bonds. The van der Waals surface area contributed by atoms with Crippen molar-refractivity contribution in [3.8, 4) is 0 Å². The van der Waals surface area contributed by atoms with E-state index in [4.69, 9.17) is 19.8 Å². The van der Waals surface area contributed by atoms with Crippen molar-refractivity contribution in [1.82, 2.24) is 5.32 Å². The Hall–Kier alpha value is -1.44. The lowest BCUT2D eigenvalue weighted by atomic mass is 10.1. The minimum absolute atomic E-state index is 0.365. The first kappa shape index (κ1) is 18.6. The van der Waals surface area contributed by atoms with Gasteiger partial charge in [-0.15, -0.1) is 11.3 Å². The Labute approximate surface area is 122 Å². The van der Waals surface area contributed by atoms with E-state index < -0.39 is 11.9 Å². The zero-order valence-electron chi connectivity index (χ0n) is 12.0. The van der Waals surface area contributed by atoms with Gasteiger partial charge in [-0.2, -0.15) is 0 Å². The van der Waals surface area contributed by atoms with Gasteiger partial charge in [-0.3, -0.25) is 0 Å². The van der Waals surface area contributed by atoms with Gasteiger partial charge in [0.05, 0.1) is 0 Å². The molecule has 1 heterocycles. The summed E-state index contributed by atoms with van der Waals surface area (Å²) in [5.74, 6) is -3.65. The summed E-state index contributed by atoms with van der Waals surface area (Å²) < 4.78 is 0. The number of thiophene rings is 1. The van der Waals surface area contributed by atoms with Crippen molar-refractivity contribution in [1.29, 1.82) is 0 Å². The fourth-order valence-corrected chi connectivity index (χ4v) is 2.35. The predicted octanol–water partition coefficient (Wildman–Crippen LogP) is 1.55. The van der Waals surface area contributed by atoms with Gasteiger partial charge in [0, 0.05) is 17.5 Å². The normalized spacial score (nSPS) is 11.7. The van der Waals surface area contributed by atoms with Crippen molar-refractivity contribution in [3.05, 3.63) is 21.4 Å². The smallest absolute Gasteiger partial charge is 0.414 e. The van der Waals surface area contributed by atoms with Crippen LogP contribution >= 0.6 is 11.3 Å². The van der Waals surface area contributed by atoms with Crippen molar-refractivity contribution in [2.75, 3.05) is 6.54 Å². The minimum atomic E-state index is -1.82. The topological polar surface area (TPSA) is 107 Å². The summed E-state index contributed by atoms with van der Waals surface area (Å²) in [7, 11) is 0. The van der Waals surface area contributed by atoms with Crippen LogP contribution in [0.4, 0.5) is 0 Å². The standard InChI is InChI=1S/C11H19NOS.C2H2O4/c1-7(2)12-5-10(13)11-9(4)8(3)6-14-11;3-1(4)2(5)6/h6-7,10,12-13H,5H2,1-4H3;(H,3,4)(H,5,6). The molecule has 4 N–H and O–H groups in total. The maximum Gasteiger partial charge on any atom is 0.414 e. The van der Waals surface area contributed by atoms with Crippen LogP contribution in [-0.4, -0.2) is 39.8 Å². The number of carbonyl (C=O) groups is 2. The molecule has 7 heteroatoms. The Kier molecular flexibility index (Phi) is 8.05. The lowest BCUT2D eigenvalue weighted by Gasteiger charge is -2.13. The number of hydrogen-bond acceptors (Lipinski definition) is 5. The van der Waals surface area contributed by atoms with Crippen molar-refractivity contribution in [2.24, 2.45) is 0 Å². The summed E-state index contributed by atoms with van der Waals surface area (Å²) in [5.41, 5.74) is 2.50. The lowest BCUT2D eigenvalue weighted by molar-refractivity contribution is -0.159. The molecular formula is C13H21NO5S. The number of carboxylic acid groups (broad SMARTS) is 2. The molecule has 0 aliphatic rings. The van der Waals surface area contributed by atoms with E-state index in [0.29, 0.717) is 12.6 Å². The summed E-state index contributed by atoms with van der Waals surface area (Å²) in [6, 6.07) is 0.422. The number of aliphatic hydroxyl groups is 1. The molecule has 0 saturated heterocycles. The molecule has 0 aliphatic carbocycles. The molecule has 0 aliphatic heterocycles. The van der Waals surface area contributed by atoms with Crippen LogP contribution in [-0.2, 0) is 9.59 Å². The van der Waals surface area contributed by atoms with Crippen LogP contribution in [0.2, 0.25) is 0 Å². The quantitative estimate of drug-likeness (QED) is 0.629. The van der Waals surface area contributed by atoms with Gasteiger partial charge < -0.3 is 20.6 Å². The van der Waals surface area contributed by atoms with Gasteiger partial charge in [-0.05, 0) is 30.4 Å². The largest absolute Gasteiger partial charge is 0.473 e. The van der Waals surface area contributed by atoms with Gasteiger partial charge >= 0.3 is 11.9 Å². The summed E-state index contributed by atoms with van der Waals surface area (Å²) in [6.45, 7) is 8.95. The molecule has 1 aromatic rings. The highest BCUT2D eigenvalue weighted by atomic mass is 32.1. The van der Waals surface area contributed by atoms with Gasteiger partial charge in [0.2, 0.25) is 0 Å². The van der Waals surface area contributed by atoms with Crippen LogP contribution < -0.4 is 5.32 Å². The lowest BCUT2D eigenvalue weighted by Crippen LogP contribution is -2.27. The Balaban J connectivity index is 0.000000511. The fraction of sp³-hybridized carbons (Fsp3) is 0.538. The monoisotopic (exact) mass is 303 g/mol. The molecule has 1 aromatic heterocycles. The van der Waals surface area contributed by atoms with Gasteiger partial charge in [-0.25, -0.2) is 9.59 Å². The number of carboxylic acids is 2. The van der Waals surface area contributed by atoms with Crippen molar-refractivity contribution < 1.29 is 24.9 Å². The van der Waals surface area contributed by atoms with Gasteiger partial charge in [0.1, 0.15) is 6.10 Å². The van der Waals surface area contributed by atoms with E-state index in [1.54, 1.807) is 11.3 Å². The van der Waals surface area contributed by atoms with Gasteiger partial charge in [-0.1, -0.05) is 13.8 Å². The van der Waals surface area contributed by atoms with Crippen LogP contribution in [0, 0.1) is 13.8 Å². The third kappa shape index (κ3) is 6.65. The molecule has 0 saturated carbocycles. The van der Waals surface area contributed by atoms with Crippen molar-refractivity contribution in [3.63, 3.8) is 0 Å². The number of aliphatic carboxylic acids is 2. The van der Waals surface area contributed by atoms with Crippen LogP contribution in [0.15, 0.2) is 5.38 Å². The summed E-state index contributed by atoms with van der Waals surface area (Å²) in [5, 5.41) is 30.0.